The first kappa shape index (κ1) is 14.3. The minimum Gasteiger partial charge on any atom is -0.397 e. The molecular formula is C14H17N3O2S. The summed E-state index contributed by atoms with van der Waals surface area (Å²) in [4.78, 5) is 23.2. The maximum atomic E-state index is 12.1. The average molecular weight is 291 g/mol. The van der Waals surface area contributed by atoms with E-state index in [1.807, 2.05) is 24.3 Å². The number of unbranched alkanes of at least 4 members (excludes halogenated alkanes) is 1. The van der Waals surface area contributed by atoms with E-state index in [0.717, 1.165) is 16.5 Å². The number of rotatable bonds is 6. The summed E-state index contributed by atoms with van der Waals surface area (Å²) in [6.07, 6.45) is 1.75. The summed E-state index contributed by atoms with van der Waals surface area (Å²) in [5.41, 5.74) is 11.6. The van der Waals surface area contributed by atoms with Gasteiger partial charge in [0.25, 0.3) is 5.91 Å². The van der Waals surface area contributed by atoms with E-state index in [2.05, 4.69) is 5.32 Å². The van der Waals surface area contributed by atoms with Crippen LogP contribution in [0.3, 0.4) is 0 Å². The van der Waals surface area contributed by atoms with Gasteiger partial charge in [0, 0.05) is 23.1 Å². The lowest BCUT2D eigenvalue weighted by atomic mass is 10.2. The number of anilines is 1. The molecule has 0 spiro atoms. The molecule has 1 aromatic heterocycles. The predicted molar refractivity (Wildman–Crippen MR) is 81.6 cm³/mol. The second-order valence-corrected chi connectivity index (χ2v) is 5.57. The van der Waals surface area contributed by atoms with Crippen molar-refractivity contribution in [3.8, 4) is 0 Å². The number of nitrogens with two attached hydrogens (primary N) is 2. The van der Waals surface area contributed by atoms with Crippen molar-refractivity contribution in [1.82, 2.24) is 5.32 Å². The molecule has 0 unspecified atom stereocenters. The SMILES string of the molecule is NC(=O)CCCCNC(=O)c1sc2ccccc2c1N. The lowest BCUT2D eigenvalue weighted by Gasteiger charge is -2.03. The molecule has 0 aliphatic rings. The summed E-state index contributed by atoms with van der Waals surface area (Å²) in [5.74, 6) is -0.479. The monoisotopic (exact) mass is 291 g/mol. The Bertz CT molecular complexity index is 636. The maximum Gasteiger partial charge on any atom is 0.263 e. The number of benzene rings is 1. The second-order valence-electron chi connectivity index (χ2n) is 4.52. The van der Waals surface area contributed by atoms with Gasteiger partial charge >= 0.3 is 0 Å². The van der Waals surface area contributed by atoms with Crippen molar-refractivity contribution in [2.45, 2.75) is 19.3 Å². The summed E-state index contributed by atoms with van der Waals surface area (Å²) in [7, 11) is 0. The van der Waals surface area contributed by atoms with Crippen LogP contribution in [0, 0.1) is 0 Å². The highest BCUT2D eigenvalue weighted by Gasteiger charge is 2.15. The number of nitrogen functional groups attached to an aromatic ring is 1. The molecule has 0 fully saturated rings. The van der Waals surface area contributed by atoms with Crippen molar-refractivity contribution in [2.24, 2.45) is 5.73 Å². The van der Waals surface area contributed by atoms with Crippen molar-refractivity contribution in [3.05, 3.63) is 29.1 Å². The van der Waals surface area contributed by atoms with Crippen LogP contribution >= 0.6 is 11.3 Å². The Kier molecular flexibility index (Phi) is 4.57. The van der Waals surface area contributed by atoms with Crippen molar-refractivity contribution in [1.29, 1.82) is 0 Å². The van der Waals surface area contributed by atoms with Crippen LogP contribution in [0.1, 0.15) is 28.9 Å². The van der Waals surface area contributed by atoms with Crippen LogP contribution in [0.2, 0.25) is 0 Å². The summed E-state index contributed by atoms with van der Waals surface area (Å²) in [5, 5.41) is 3.73. The molecule has 1 aromatic carbocycles. The highest BCUT2D eigenvalue weighted by molar-refractivity contribution is 7.21. The molecule has 2 aromatic rings. The van der Waals surface area contributed by atoms with Crippen LogP contribution in [-0.4, -0.2) is 18.4 Å². The van der Waals surface area contributed by atoms with E-state index in [1.165, 1.54) is 11.3 Å². The van der Waals surface area contributed by atoms with Crippen LogP contribution < -0.4 is 16.8 Å². The Labute approximate surface area is 120 Å². The number of nitrogens with one attached hydrogen (secondary N) is 1. The number of hydrogen-bond donors (Lipinski definition) is 3. The van der Waals surface area contributed by atoms with E-state index in [0.29, 0.717) is 30.0 Å². The Morgan fingerprint density at radius 3 is 2.65 bits per heavy atom. The van der Waals surface area contributed by atoms with Gasteiger partial charge in [0.1, 0.15) is 4.88 Å². The third-order valence-corrected chi connectivity index (χ3v) is 4.16. The minimum absolute atomic E-state index is 0.164. The zero-order valence-electron chi connectivity index (χ0n) is 11.0. The summed E-state index contributed by atoms with van der Waals surface area (Å²) in [6.45, 7) is 0.514. The van der Waals surface area contributed by atoms with Crippen LogP contribution in [0.5, 0.6) is 0 Å². The molecule has 0 saturated heterocycles. The number of hydrogen-bond acceptors (Lipinski definition) is 4. The smallest absolute Gasteiger partial charge is 0.263 e. The van der Waals surface area contributed by atoms with Crippen molar-refractivity contribution in [2.75, 3.05) is 12.3 Å². The average Bonchev–Trinajstić information content (AvgIpc) is 2.76. The number of carbonyl (C=O) groups excluding carboxylic acids is 2. The topological polar surface area (TPSA) is 98.2 Å². The summed E-state index contributed by atoms with van der Waals surface area (Å²) < 4.78 is 1.00. The highest BCUT2D eigenvalue weighted by Crippen LogP contribution is 2.33. The highest BCUT2D eigenvalue weighted by atomic mass is 32.1. The zero-order chi connectivity index (χ0) is 14.5. The number of carbonyl (C=O) groups is 2. The summed E-state index contributed by atoms with van der Waals surface area (Å²) >= 11 is 1.39. The molecule has 5 N–H and O–H groups in total. The molecule has 2 rings (SSSR count). The Hall–Kier alpha value is -2.08. The van der Waals surface area contributed by atoms with Gasteiger partial charge in [-0.2, -0.15) is 0 Å². The molecule has 106 valence electrons. The first-order chi connectivity index (χ1) is 9.59. The first-order valence-electron chi connectivity index (χ1n) is 6.43. The number of thiophene rings is 1. The third kappa shape index (κ3) is 3.27. The lowest BCUT2D eigenvalue weighted by Crippen LogP contribution is -2.24. The molecule has 0 atom stereocenters. The number of fused-ring (bicyclic) bond motifs is 1. The normalized spacial score (nSPS) is 10.6. The zero-order valence-corrected chi connectivity index (χ0v) is 11.8. The fourth-order valence-electron chi connectivity index (χ4n) is 1.94. The van der Waals surface area contributed by atoms with Crippen LogP contribution in [0.15, 0.2) is 24.3 Å². The fourth-order valence-corrected chi connectivity index (χ4v) is 2.98. The van der Waals surface area contributed by atoms with E-state index in [-0.39, 0.29) is 11.8 Å². The first-order valence-corrected chi connectivity index (χ1v) is 7.24. The molecule has 0 aliphatic carbocycles. The second kappa shape index (κ2) is 6.38. The molecule has 0 aliphatic heterocycles. The Balaban J connectivity index is 1.94. The van der Waals surface area contributed by atoms with Gasteiger partial charge in [-0.05, 0) is 18.9 Å². The Morgan fingerprint density at radius 2 is 1.95 bits per heavy atom. The van der Waals surface area contributed by atoms with Crippen molar-refractivity contribution >= 4 is 38.9 Å². The molecule has 0 bridgehead atoms. The van der Waals surface area contributed by atoms with Crippen LogP contribution in [0.25, 0.3) is 10.1 Å². The number of primary amides is 1. The van der Waals surface area contributed by atoms with Gasteiger partial charge in [-0.3, -0.25) is 9.59 Å². The standard InChI is InChI=1S/C14H17N3O2S/c15-11(18)7-3-4-8-17-14(19)13-12(16)9-5-1-2-6-10(9)20-13/h1-2,5-6H,3-4,7-8,16H2,(H2,15,18)(H,17,19). The van der Waals surface area contributed by atoms with Gasteiger partial charge in [0.05, 0.1) is 5.69 Å². The van der Waals surface area contributed by atoms with Gasteiger partial charge in [-0.1, -0.05) is 18.2 Å². The van der Waals surface area contributed by atoms with Gasteiger partial charge in [0.15, 0.2) is 0 Å². The minimum atomic E-state index is -0.315. The fraction of sp³-hybridized carbons (Fsp3) is 0.286. The largest absolute Gasteiger partial charge is 0.397 e. The van der Waals surface area contributed by atoms with Crippen molar-refractivity contribution < 1.29 is 9.59 Å². The van der Waals surface area contributed by atoms with E-state index >= 15 is 0 Å². The summed E-state index contributed by atoms with van der Waals surface area (Å²) in [6, 6.07) is 7.67. The molecule has 0 radical (unpaired) electrons. The predicted octanol–water partition coefficient (Wildman–Crippen LogP) is 1.87. The van der Waals surface area contributed by atoms with Crippen LogP contribution in [-0.2, 0) is 4.79 Å². The quantitative estimate of drug-likeness (QED) is 0.708. The van der Waals surface area contributed by atoms with E-state index in [4.69, 9.17) is 11.5 Å². The lowest BCUT2D eigenvalue weighted by molar-refractivity contribution is -0.118. The molecule has 6 heteroatoms. The van der Waals surface area contributed by atoms with Gasteiger partial charge in [-0.15, -0.1) is 11.3 Å². The van der Waals surface area contributed by atoms with Gasteiger partial charge in [-0.25, -0.2) is 0 Å². The molecule has 5 nitrogen and oxygen atoms in total. The number of amides is 2. The van der Waals surface area contributed by atoms with Gasteiger partial charge < -0.3 is 16.8 Å². The maximum absolute atomic E-state index is 12.1. The molecule has 20 heavy (non-hydrogen) atoms. The molecule has 0 saturated carbocycles. The van der Waals surface area contributed by atoms with Crippen molar-refractivity contribution in [3.63, 3.8) is 0 Å². The van der Waals surface area contributed by atoms with E-state index < -0.39 is 0 Å². The Morgan fingerprint density at radius 1 is 1.20 bits per heavy atom. The molecule has 2 amide bonds. The molecular weight excluding hydrogens is 274 g/mol. The van der Waals surface area contributed by atoms with Crippen LogP contribution in [0.4, 0.5) is 5.69 Å². The third-order valence-electron chi connectivity index (χ3n) is 2.98. The van der Waals surface area contributed by atoms with E-state index in [9.17, 15) is 9.59 Å². The van der Waals surface area contributed by atoms with E-state index in [1.54, 1.807) is 0 Å². The molecule has 1 heterocycles. The van der Waals surface area contributed by atoms with Gasteiger partial charge in [0.2, 0.25) is 5.91 Å².